The van der Waals surface area contributed by atoms with E-state index in [4.69, 9.17) is 9.05 Å². The minimum absolute atomic E-state index is 0.335. The molecule has 0 amide bonds. The minimum atomic E-state index is -4.72. The van der Waals surface area contributed by atoms with E-state index in [-0.39, 0.29) is 0 Å². The number of phosphoric ester groups is 1. The second-order valence-corrected chi connectivity index (χ2v) is 15.4. The summed E-state index contributed by atoms with van der Waals surface area (Å²) in [4.78, 5) is 11.7. The summed E-state index contributed by atoms with van der Waals surface area (Å²) < 4.78 is 27.0. The maximum atomic E-state index is 14.3. The molecule has 0 saturated heterocycles. The standard InChI is InChI=1S/C48H37O4P/c1-29-23-37(33-15-7-5-8-16-33)24-30(2)43(29)41-27-35-19-11-13-21-39(35)45-46-40-22-14-12-20-36(40)28-42(48(46)52-53(49,50)51-47(41)45)44-31(3)25-38(26-32(44)4)34-17-9-6-10-18-34/h5-28H,1-4H3,(H,49,50). The fourth-order valence-corrected chi connectivity index (χ4v) is 9.21. The van der Waals surface area contributed by atoms with E-state index in [1.165, 1.54) is 0 Å². The average molecular weight is 709 g/mol. The van der Waals surface area contributed by atoms with Crippen molar-refractivity contribution in [3.8, 4) is 67.1 Å². The fraction of sp³-hybridized carbons (Fsp3) is 0.0833. The molecule has 1 aliphatic heterocycles. The zero-order valence-electron chi connectivity index (χ0n) is 30.0. The van der Waals surface area contributed by atoms with Crippen molar-refractivity contribution in [1.82, 2.24) is 0 Å². The minimum Gasteiger partial charge on any atom is -0.394 e. The SMILES string of the molecule is Cc1cc(-c2ccccc2)cc(C)c1-c1cc2ccccc2c2c1OP(=O)(O)Oc1c(-c3c(C)cc(-c4ccccc4)cc3C)cc3ccccc3c1-2. The van der Waals surface area contributed by atoms with Gasteiger partial charge >= 0.3 is 7.82 Å². The summed E-state index contributed by atoms with van der Waals surface area (Å²) in [6.07, 6.45) is 0. The molecule has 0 unspecified atom stereocenters. The zero-order valence-corrected chi connectivity index (χ0v) is 30.9. The quantitative estimate of drug-likeness (QED) is 0.185. The largest absolute Gasteiger partial charge is 0.584 e. The van der Waals surface area contributed by atoms with E-state index in [9.17, 15) is 9.46 Å². The lowest BCUT2D eigenvalue weighted by atomic mass is 9.83. The van der Waals surface area contributed by atoms with Gasteiger partial charge in [0.15, 0.2) is 0 Å². The molecule has 0 bridgehead atoms. The Morgan fingerprint density at radius 1 is 0.415 bits per heavy atom. The van der Waals surface area contributed by atoms with Gasteiger partial charge < -0.3 is 9.05 Å². The average Bonchev–Trinajstić information content (AvgIpc) is 3.28. The number of phosphoric acid groups is 1. The Labute approximate surface area is 309 Å². The molecule has 0 atom stereocenters. The Hall–Kier alpha value is -5.93. The Balaban J connectivity index is 1.38. The normalized spacial score (nSPS) is 13.2. The number of hydrogen-bond acceptors (Lipinski definition) is 3. The number of hydrogen-bond donors (Lipinski definition) is 1. The summed E-state index contributed by atoms with van der Waals surface area (Å²) in [5.74, 6) is 0.671. The Bertz CT molecular complexity index is 2570. The second-order valence-electron chi connectivity index (χ2n) is 14.1. The molecular formula is C48H37O4P. The van der Waals surface area contributed by atoms with Crippen LogP contribution in [0, 0.1) is 27.7 Å². The van der Waals surface area contributed by atoms with Crippen LogP contribution in [0.4, 0.5) is 0 Å². The fourth-order valence-electron chi connectivity index (χ4n) is 8.34. The van der Waals surface area contributed by atoms with Crippen LogP contribution >= 0.6 is 7.82 Å². The predicted octanol–water partition coefficient (Wildman–Crippen LogP) is 13.4. The van der Waals surface area contributed by atoms with E-state index in [0.717, 1.165) is 99.4 Å². The summed E-state index contributed by atoms with van der Waals surface area (Å²) >= 11 is 0. The third-order valence-corrected chi connectivity index (χ3v) is 11.3. The third kappa shape index (κ3) is 5.63. The van der Waals surface area contributed by atoms with Gasteiger partial charge in [0.25, 0.3) is 0 Å². The van der Waals surface area contributed by atoms with Gasteiger partial charge in [-0.2, -0.15) is 0 Å². The number of benzene rings is 8. The van der Waals surface area contributed by atoms with E-state index in [2.05, 4.69) is 113 Å². The summed E-state index contributed by atoms with van der Waals surface area (Å²) in [6, 6.07) is 49.9. The molecule has 0 saturated carbocycles. The molecular weight excluding hydrogens is 671 g/mol. The first-order chi connectivity index (χ1) is 25.7. The van der Waals surface area contributed by atoms with Crippen LogP contribution in [0.15, 0.2) is 146 Å². The maximum absolute atomic E-state index is 14.3. The molecule has 0 fully saturated rings. The lowest BCUT2D eigenvalue weighted by Gasteiger charge is -2.21. The molecule has 0 radical (unpaired) electrons. The van der Waals surface area contributed by atoms with E-state index < -0.39 is 7.82 Å². The third-order valence-electron chi connectivity index (χ3n) is 10.5. The molecule has 258 valence electrons. The lowest BCUT2D eigenvalue weighted by Crippen LogP contribution is -2.01. The topological polar surface area (TPSA) is 55.8 Å². The molecule has 0 aromatic heterocycles. The van der Waals surface area contributed by atoms with Gasteiger partial charge in [-0.1, -0.05) is 133 Å². The highest BCUT2D eigenvalue weighted by Crippen LogP contribution is 2.62. The van der Waals surface area contributed by atoms with Crippen molar-refractivity contribution in [2.75, 3.05) is 0 Å². The summed E-state index contributed by atoms with van der Waals surface area (Å²) in [6.45, 7) is 8.37. The van der Waals surface area contributed by atoms with E-state index in [1.54, 1.807) is 0 Å². The van der Waals surface area contributed by atoms with Gasteiger partial charge in [0, 0.05) is 22.3 Å². The molecule has 8 aromatic rings. The van der Waals surface area contributed by atoms with E-state index in [0.29, 0.717) is 11.5 Å². The molecule has 1 aliphatic rings. The van der Waals surface area contributed by atoms with Crippen molar-refractivity contribution in [2.45, 2.75) is 27.7 Å². The summed E-state index contributed by atoms with van der Waals surface area (Å²) in [7, 11) is -4.72. The second kappa shape index (κ2) is 12.6. The first-order valence-corrected chi connectivity index (χ1v) is 19.3. The van der Waals surface area contributed by atoms with Crippen LogP contribution in [0.1, 0.15) is 22.3 Å². The molecule has 9 rings (SSSR count). The zero-order chi connectivity index (χ0) is 36.4. The molecule has 4 nitrogen and oxygen atoms in total. The maximum Gasteiger partial charge on any atom is 0.584 e. The molecule has 1 N–H and O–H groups in total. The molecule has 1 heterocycles. The molecule has 53 heavy (non-hydrogen) atoms. The first kappa shape index (κ1) is 32.9. The highest BCUT2D eigenvalue weighted by molar-refractivity contribution is 7.48. The number of fused-ring (bicyclic) bond motifs is 7. The van der Waals surface area contributed by atoms with Gasteiger partial charge in [-0.25, -0.2) is 4.57 Å². The van der Waals surface area contributed by atoms with Crippen LogP contribution < -0.4 is 9.05 Å². The molecule has 0 spiro atoms. The smallest absolute Gasteiger partial charge is 0.394 e. The highest BCUT2D eigenvalue weighted by Gasteiger charge is 2.38. The lowest BCUT2D eigenvalue weighted by molar-refractivity contribution is 0.295. The summed E-state index contributed by atoms with van der Waals surface area (Å²) in [5.41, 5.74) is 13.5. The molecule has 8 aromatic carbocycles. The Morgan fingerprint density at radius 2 is 0.755 bits per heavy atom. The van der Waals surface area contributed by atoms with Crippen molar-refractivity contribution in [3.63, 3.8) is 0 Å². The van der Waals surface area contributed by atoms with Crippen molar-refractivity contribution in [3.05, 3.63) is 168 Å². The van der Waals surface area contributed by atoms with Crippen LogP contribution in [0.2, 0.25) is 0 Å². The van der Waals surface area contributed by atoms with Gasteiger partial charge in [-0.05, 0) is 117 Å². The van der Waals surface area contributed by atoms with Gasteiger partial charge in [0.2, 0.25) is 0 Å². The van der Waals surface area contributed by atoms with Crippen molar-refractivity contribution in [1.29, 1.82) is 0 Å². The van der Waals surface area contributed by atoms with Crippen molar-refractivity contribution >= 4 is 29.4 Å². The number of aryl methyl sites for hydroxylation is 4. The van der Waals surface area contributed by atoms with Gasteiger partial charge in [-0.3, -0.25) is 4.89 Å². The van der Waals surface area contributed by atoms with E-state index >= 15 is 0 Å². The van der Waals surface area contributed by atoms with Crippen LogP contribution in [0.5, 0.6) is 11.5 Å². The van der Waals surface area contributed by atoms with Crippen LogP contribution in [0.25, 0.3) is 77.2 Å². The van der Waals surface area contributed by atoms with Crippen LogP contribution in [-0.2, 0) is 4.57 Å². The van der Waals surface area contributed by atoms with Crippen LogP contribution in [0.3, 0.4) is 0 Å². The predicted molar refractivity (Wildman–Crippen MR) is 219 cm³/mol. The molecule has 5 heteroatoms. The molecule has 0 aliphatic carbocycles. The van der Waals surface area contributed by atoms with Gasteiger partial charge in [-0.15, -0.1) is 0 Å². The van der Waals surface area contributed by atoms with Crippen molar-refractivity contribution < 1.29 is 18.5 Å². The first-order valence-electron chi connectivity index (χ1n) is 17.8. The number of rotatable bonds is 4. The Kier molecular flexibility index (Phi) is 7.85. The van der Waals surface area contributed by atoms with Crippen LogP contribution in [-0.4, -0.2) is 4.89 Å². The Morgan fingerprint density at radius 3 is 1.13 bits per heavy atom. The summed E-state index contributed by atoms with van der Waals surface area (Å²) in [5, 5.41) is 3.80. The monoisotopic (exact) mass is 708 g/mol. The van der Waals surface area contributed by atoms with Gasteiger partial charge in [0.1, 0.15) is 11.5 Å². The highest BCUT2D eigenvalue weighted by atomic mass is 31.2. The van der Waals surface area contributed by atoms with Crippen molar-refractivity contribution in [2.24, 2.45) is 0 Å². The van der Waals surface area contributed by atoms with E-state index in [1.807, 2.05) is 60.7 Å². The van der Waals surface area contributed by atoms with Gasteiger partial charge in [0.05, 0.1) is 0 Å².